The van der Waals surface area contributed by atoms with Gasteiger partial charge in [-0.3, -0.25) is 4.79 Å². The number of halogens is 3. The molecule has 0 aliphatic carbocycles. The molecule has 0 fully saturated rings. The lowest BCUT2D eigenvalue weighted by molar-refractivity contribution is -0.105. The number of rotatable bonds is 4. The average Bonchev–Trinajstić information content (AvgIpc) is 2.38. The van der Waals surface area contributed by atoms with Crippen LogP contribution in [0.4, 0.5) is 14.5 Å². The summed E-state index contributed by atoms with van der Waals surface area (Å²) in [5.74, 6) is -1.84. The van der Waals surface area contributed by atoms with Gasteiger partial charge in [0.15, 0.2) is 23.1 Å². The van der Waals surface area contributed by atoms with E-state index in [-0.39, 0.29) is 22.2 Å². The van der Waals surface area contributed by atoms with Gasteiger partial charge in [-0.25, -0.2) is 8.78 Å². The van der Waals surface area contributed by atoms with E-state index in [1.54, 1.807) is 0 Å². The Kier molecular flexibility index (Phi) is 3.97. The van der Waals surface area contributed by atoms with E-state index in [1.807, 2.05) is 0 Å². The summed E-state index contributed by atoms with van der Waals surface area (Å²) in [6.07, 6.45) is 0.423. The van der Waals surface area contributed by atoms with Gasteiger partial charge in [0.25, 0.3) is 0 Å². The fourth-order valence-corrected chi connectivity index (χ4v) is 1.59. The topological polar surface area (TPSA) is 38.3 Å². The summed E-state index contributed by atoms with van der Waals surface area (Å²) >= 11 is 5.59. The van der Waals surface area contributed by atoms with Crippen LogP contribution in [0.1, 0.15) is 0 Å². The molecule has 2 aromatic rings. The largest absolute Gasteiger partial charge is 0.451 e. The molecule has 2 aromatic carbocycles. The Bertz CT molecular complexity index is 620. The minimum absolute atomic E-state index is 0.114. The van der Waals surface area contributed by atoms with E-state index in [0.29, 0.717) is 6.41 Å². The molecule has 0 aliphatic heterocycles. The van der Waals surface area contributed by atoms with Crippen molar-refractivity contribution in [3.8, 4) is 11.5 Å². The fraction of sp³-hybridized carbons (Fsp3) is 0. The Hall–Kier alpha value is -2.14. The molecule has 98 valence electrons. The minimum atomic E-state index is -0.765. The van der Waals surface area contributed by atoms with E-state index < -0.39 is 11.6 Å². The molecule has 0 aromatic heterocycles. The van der Waals surface area contributed by atoms with Gasteiger partial charge in [0.2, 0.25) is 6.41 Å². The lowest BCUT2D eigenvalue weighted by atomic mass is 10.3. The van der Waals surface area contributed by atoms with Gasteiger partial charge in [0.05, 0.1) is 5.02 Å². The summed E-state index contributed by atoms with van der Waals surface area (Å²) in [4.78, 5) is 10.2. The molecule has 6 heteroatoms. The number of carbonyl (C=O) groups is 1. The Balaban J connectivity index is 2.28. The maximum Gasteiger partial charge on any atom is 0.211 e. The second-order valence-electron chi connectivity index (χ2n) is 3.56. The van der Waals surface area contributed by atoms with Crippen LogP contribution >= 0.6 is 11.6 Å². The van der Waals surface area contributed by atoms with Gasteiger partial charge in [-0.05, 0) is 24.3 Å². The third-order valence-corrected chi connectivity index (χ3v) is 2.59. The van der Waals surface area contributed by atoms with Crippen LogP contribution in [-0.2, 0) is 4.79 Å². The monoisotopic (exact) mass is 283 g/mol. The Morgan fingerprint density at radius 2 is 1.95 bits per heavy atom. The van der Waals surface area contributed by atoms with Gasteiger partial charge < -0.3 is 10.1 Å². The summed E-state index contributed by atoms with van der Waals surface area (Å²) in [5, 5.41) is 2.17. The van der Waals surface area contributed by atoms with Crippen LogP contribution in [0.15, 0.2) is 36.4 Å². The van der Waals surface area contributed by atoms with Gasteiger partial charge in [-0.2, -0.15) is 0 Å². The zero-order chi connectivity index (χ0) is 13.8. The highest BCUT2D eigenvalue weighted by atomic mass is 35.5. The normalized spacial score (nSPS) is 10.1. The number of nitrogens with one attached hydrogen (secondary N) is 1. The molecule has 19 heavy (non-hydrogen) atoms. The lowest BCUT2D eigenvalue weighted by Gasteiger charge is -2.09. The van der Waals surface area contributed by atoms with E-state index >= 15 is 0 Å². The molecule has 0 atom stereocenters. The maximum atomic E-state index is 13.7. The number of carbonyl (C=O) groups excluding carboxylic acids is 1. The summed E-state index contributed by atoms with van der Waals surface area (Å²) in [5.41, 5.74) is 0.270. The first-order valence-electron chi connectivity index (χ1n) is 5.23. The van der Waals surface area contributed by atoms with Crippen LogP contribution in [0.3, 0.4) is 0 Å². The second-order valence-corrected chi connectivity index (χ2v) is 3.97. The molecule has 0 spiro atoms. The predicted molar refractivity (Wildman–Crippen MR) is 67.6 cm³/mol. The van der Waals surface area contributed by atoms with E-state index in [0.717, 1.165) is 6.07 Å². The van der Waals surface area contributed by atoms with Crippen LogP contribution < -0.4 is 10.1 Å². The highest BCUT2D eigenvalue weighted by molar-refractivity contribution is 6.30. The van der Waals surface area contributed by atoms with Crippen molar-refractivity contribution < 1.29 is 18.3 Å². The minimum Gasteiger partial charge on any atom is -0.451 e. The van der Waals surface area contributed by atoms with Gasteiger partial charge in [-0.1, -0.05) is 17.7 Å². The highest BCUT2D eigenvalue weighted by Gasteiger charge is 2.11. The van der Waals surface area contributed by atoms with Crippen LogP contribution in [0, 0.1) is 11.6 Å². The molecule has 0 heterocycles. The Morgan fingerprint density at radius 1 is 1.16 bits per heavy atom. The lowest BCUT2D eigenvalue weighted by Crippen LogP contribution is -1.96. The van der Waals surface area contributed by atoms with Gasteiger partial charge in [-0.15, -0.1) is 0 Å². The zero-order valence-electron chi connectivity index (χ0n) is 9.49. The molecule has 0 saturated heterocycles. The summed E-state index contributed by atoms with van der Waals surface area (Å²) in [7, 11) is 0. The van der Waals surface area contributed by atoms with Crippen molar-refractivity contribution in [3.63, 3.8) is 0 Å². The van der Waals surface area contributed by atoms with Crippen LogP contribution in [-0.4, -0.2) is 6.41 Å². The van der Waals surface area contributed by atoms with Gasteiger partial charge in [0, 0.05) is 11.8 Å². The van der Waals surface area contributed by atoms with Crippen molar-refractivity contribution in [3.05, 3.63) is 53.1 Å². The molecule has 0 aliphatic rings. The predicted octanol–water partition coefficient (Wildman–Crippen LogP) is 3.98. The van der Waals surface area contributed by atoms with Crippen molar-refractivity contribution >= 4 is 23.7 Å². The molecule has 0 bridgehead atoms. The van der Waals surface area contributed by atoms with Crippen LogP contribution in [0.5, 0.6) is 11.5 Å². The molecule has 0 radical (unpaired) electrons. The third-order valence-electron chi connectivity index (χ3n) is 2.29. The van der Waals surface area contributed by atoms with Crippen LogP contribution in [0.25, 0.3) is 0 Å². The summed E-state index contributed by atoms with van der Waals surface area (Å²) in [6.45, 7) is 0. The first-order valence-corrected chi connectivity index (χ1v) is 5.61. The fourth-order valence-electron chi connectivity index (χ4n) is 1.42. The van der Waals surface area contributed by atoms with Crippen molar-refractivity contribution in [2.24, 2.45) is 0 Å². The quantitative estimate of drug-likeness (QED) is 0.862. The number of ether oxygens (including phenoxy) is 1. The molecule has 2 rings (SSSR count). The molecular formula is C13H8ClF2NO2. The molecule has 0 saturated carbocycles. The third kappa shape index (κ3) is 3.00. The van der Waals surface area contributed by atoms with Crippen molar-refractivity contribution in [1.29, 1.82) is 0 Å². The van der Waals surface area contributed by atoms with Gasteiger partial charge >= 0.3 is 0 Å². The number of anilines is 1. The maximum absolute atomic E-state index is 13.7. The Labute approximate surface area is 112 Å². The molecule has 0 unspecified atom stereocenters. The standard InChI is InChI=1S/C13H8ClF2NO2/c14-9-2-1-3-12(13(9)16)19-11-5-4-8(17-7-18)6-10(11)15/h1-7H,(H,17,18). The number of hydrogen-bond donors (Lipinski definition) is 1. The van der Waals surface area contributed by atoms with Crippen molar-refractivity contribution in [1.82, 2.24) is 0 Å². The SMILES string of the molecule is O=CNc1ccc(Oc2cccc(Cl)c2F)c(F)c1. The first kappa shape index (κ1) is 13.3. The molecule has 1 N–H and O–H groups in total. The Morgan fingerprint density at radius 3 is 2.63 bits per heavy atom. The number of benzene rings is 2. The van der Waals surface area contributed by atoms with Gasteiger partial charge in [0.1, 0.15) is 0 Å². The zero-order valence-corrected chi connectivity index (χ0v) is 10.2. The van der Waals surface area contributed by atoms with E-state index in [4.69, 9.17) is 16.3 Å². The summed E-state index contributed by atoms with van der Waals surface area (Å²) in [6, 6.07) is 7.94. The smallest absolute Gasteiger partial charge is 0.211 e. The average molecular weight is 284 g/mol. The van der Waals surface area contributed by atoms with E-state index in [1.165, 1.54) is 30.3 Å². The highest BCUT2D eigenvalue weighted by Crippen LogP contribution is 2.31. The van der Waals surface area contributed by atoms with Crippen molar-refractivity contribution in [2.75, 3.05) is 5.32 Å². The summed E-state index contributed by atoms with van der Waals surface area (Å²) < 4.78 is 32.3. The second kappa shape index (κ2) is 5.67. The first-order chi connectivity index (χ1) is 9.11. The molecular weight excluding hydrogens is 276 g/mol. The molecule has 1 amide bonds. The van der Waals surface area contributed by atoms with Crippen molar-refractivity contribution in [2.45, 2.75) is 0 Å². The number of amides is 1. The van der Waals surface area contributed by atoms with Crippen LogP contribution in [0.2, 0.25) is 5.02 Å². The molecule has 3 nitrogen and oxygen atoms in total. The van der Waals surface area contributed by atoms with E-state index in [9.17, 15) is 13.6 Å². The van der Waals surface area contributed by atoms with E-state index in [2.05, 4.69) is 5.32 Å². The number of hydrogen-bond acceptors (Lipinski definition) is 2.